The number of hydrogen-bond donors (Lipinski definition) is 1. The van der Waals surface area contributed by atoms with Crippen molar-refractivity contribution in [3.05, 3.63) is 20.8 Å². The summed E-state index contributed by atoms with van der Waals surface area (Å²) in [4.78, 5) is 14.7. The van der Waals surface area contributed by atoms with E-state index in [0.717, 1.165) is 35.3 Å². The van der Waals surface area contributed by atoms with Crippen molar-refractivity contribution in [2.24, 2.45) is 5.73 Å². The van der Waals surface area contributed by atoms with E-state index in [0.29, 0.717) is 0 Å². The van der Waals surface area contributed by atoms with Crippen molar-refractivity contribution < 1.29 is 4.79 Å². The van der Waals surface area contributed by atoms with Gasteiger partial charge >= 0.3 is 0 Å². The standard InChI is InChI=1S/C10H13BrN2OS.ClH/c11-7-5-9(15-6-7)10(14)13-3-1-8(12)2-4-13;/h5-6,8H,1-4,12H2;1H. The molecule has 90 valence electrons. The van der Waals surface area contributed by atoms with Crippen LogP contribution in [0.25, 0.3) is 0 Å². The van der Waals surface area contributed by atoms with Gasteiger partial charge in [-0.05, 0) is 34.8 Å². The van der Waals surface area contributed by atoms with Crippen molar-refractivity contribution in [3.63, 3.8) is 0 Å². The first-order chi connectivity index (χ1) is 7.16. The number of likely N-dealkylation sites (tertiary alicyclic amines) is 1. The SMILES string of the molecule is Cl.NC1CCN(C(=O)c2cc(Br)cs2)CC1. The van der Waals surface area contributed by atoms with E-state index in [1.54, 1.807) is 0 Å². The van der Waals surface area contributed by atoms with Crippen molar-refractivity contribution in [3.8, 4) is 0 Å². The van der Waals surface area contributed by atoms with Crippen molar-refractivity contribution in [1.29, 1.82) is 0 Å². The molecule has 0 aromatic carbocycles. The van der Waals surface area contributed by atoms with Gasteiger partial charge in [-0.3, -0.25) is 4.79 Å². The minimum atomic E-state index is 0. The number of nitrogens with two attached hydrogens (primary N) is 1. The maximum atomic E-state index is 12.0. The third-order valence-electron chi connectivity index (χ3n) is 2.61. The molecular formula is C10H14BrClN2OS. The van der Waals surface area contributed by atoms with Crippen molar-refractivity contribution in [1.82, 2.24) is 4.90 Å². The Labute approximate surface area is 114 Å². The summed E-state index contributed by atoms with van der Waals surface area (Å²) in [6.07, 6.45) is 1.83. The molecular weight excluding hydrogens is 312 g/mol. The van der Waals surface area contributed by atoms with Gasteiger partial charge in [0.2, 0.25) is 0 Å². The molecule has 2 rings (SSSR count). The number of amides is 1. The lowest BCUT2D eigenvalue weighted by atomic mass is 10.1. The molecule has 1 aromatic rings. The summed E-state index contributed by atoms with van der Waals surface area (Å²) in [5.41, 5.74) is 5.80. The van der Waals surface area contributed by atoms with Crippen LogP contribution < -0.4 is 5.73 Å². The second kappa shape index (κ2) is 6.00. The highest BCUT2D eigenvalue weighted by atomic mass is 79.9. The summed E-state index contributed by atoms with van der Waals surface area (Å²) in [5.74, 6) is 0.137. The first-order valence-electron chi connectivity index (χ1n) is 4.95. The van der Waals surface area contributed by atoms with E-state index in [-0.39, 0.29) is 24.4 Å². The molecule has 3 nitrogen and oxygen atoms in total. The van der Waals surface area contributed by atoms with Crippen LogP contribution in [0.3, 0.4) is 0 Å². The van der Waals surface area contributed by atoms with Crippen LogP contribution in [0.15, 0.2) is 15.9 Å². The number of halogens is 2. The van der Waals surface area contributed by atoms with Gasteiger partial charge in [0.25, 0.3) is 5.91 Å². The van der Waals surface area contributed by atoms with Gasteiger partial charge in [-0.2, -0.15) is 0 Å². The lowest BCUT2D eigenvalue weighted by Crippen LogP contribution is -2.42. The molecule has 2 heterocycles. The summed E-state index contributed by atoms with van der Waals surface area (Å²) < 4.78 is 0.976. The molecule has 1 aliphatic rings. The highest BCUT2D eigenvalue weighted by Crippen LogP contribution is 2.22. The smallest absolute Gasteiger partial charge is 0.263 e. The van der Waals surface area contributed by atoms with E-state index >= 15 is 0 Å². The molecule has 16 heavy (non-hydrogen) atoms. The maximum Gasteiger partial charge on any atom is 0.263 e. The van der Waals surface area contributed by atoms with E-state index in [1.807, 2.05) is 16.3 Å². The van der Waals surface area contributed by atoms with Crippen LogP contribution in [0.1, 0.15) is 22.5 Å². The molecule has 1 fully saturated rings. The molecule has 2 N–H and O–H groups in total. The minimum absolute atomic E-state index is 0. The summed E-state index contributed by atoms with van der Waals surface area (Å²) in [6, 6.07) is 2.14. The zero-order valence-electron chi connectivity index (χ0n) is 8.69. The zero-order valence-corrected chi connectivity index (χ0v) is 11.9. The predicted molar refractivity (Wildman–Crippen MR) is 72.4 cm³/mol. The number of rotatable bonds is 1. The number of carbonyl (C=O) groups excluding carboxylic acids is 1. The van der Waals surface area contributed by atoms with Gasteiger partial charge in [-0.15, -0.1) is 23.7 Å². The molecule has 0 bridgehead atoms. The molecule has 0 radical (unpaired) electrons. The van der Waals surface area contributed by atoms with Crippen LogP contribution in [-0.4, -0.2) is 29.9 Å². The molecule has 6 heteroatoms. The van der Waals surface area contributed by atoms with Crippen LogP contribution in [0.5, 0.6) is 0 Å². The van der Waals surface area contributed by atoms with Gasteiger partial charge in [-0.25, -0.2) is 0 Å². The van der Waals surface area contributed by atoms with Gasteiger partial charge in [0.15, 0.2) is 0 Å². The van der Waals surface area contributed by atoms with Gasteiger partial charge in [0, 0.05) is 29.0 Å². The molecule has 1 aromatic heterocycles. The summed E-state index contributed by atoms with van der Waals surface area (Å²) in [7, 11) is 0. The monoisotopic (exact) mass is 324 g/mol. The largest absolute Gasteiger partial charge is 0.338 e. The van der Waals surface area contributed by atoms with Gasteiger partial charge in [-0.1, -0.05) is 0 Å². The Balaban J connectivity index is 0.00000128. The molecule has 0 saturated carbocycles. The van der Waals surface area contributed by atoms with Crippen LogP contribution in [0, 0.1) is 0 Å². The van der Waals surface area contributed by atoms with E-state index in [1.165, 1.54) is 11.3 Å². The second-order valence-corrected chi connectivity index (χ2v) is 5.59. The van der Waals surface area contributed by atoms with E-state index < -0.39 is 0 Å². The van der Waals surface area contributed by atoms with Crippen molar-refractivity contribution in [2.75, 3.05) is 13.1 Å². The third-order valence-corrected chi connectivity index (χ3v) is 4.28. The van der Waals surface area contributed by atoms with Crippen LogP contribution >= 0.6 is 39.7 Å². The zero-order chi connectivity index (χ0) is 10.8. The lowest BCUT2D eigenvalue weighted by Gasteiger charge is -2.29. The minimum Gasteiger partial charge on any atom is -0.338 e. The van der Waals surface area contributed by atoms with Crippen LogP contribution in [0.2, 0.25) is 0 Å². The van der Waals surface area contributed by atoms with Crippen molar-refractivity contribution in [2.45, 2.75) is 18.9 Å². The Kier molecular flexibility index (Phi) is 5.24. The Hall–Kier alpha value is -0.100. The molecule has 0 unspecified atom stereocenters. The van der Waals surface area contributed by atoms with E-state index in [2.05, 4.69) is 15.9 Å². The van der Waals surface area contributed by atoms with Gasteiger partial charge in [0.05, 0.1) is 4.88 Å². The Morgan fingerprint density at radius 1 is 1.50 bits per heavy atom. The summed E-state index contributed by atoms with van der Waals surface area (Å²) >= 11 is 4.84. The first kappa shape index (κ1) is 14.0. The topological polar surface area (TPSA) is 46.3 Å². The fraction of sp³-hybridized carbons (Fsp3) is 0.500. The summed E-state index contributed by atoms with van der Waals surface area (Å²) in [6.45, 7) is 1.57. The Morgan fingerprint density at radius 3 is 2.62 bits per heavy atom. The number of thiophene rings is 1. The fourth-order valence-corrected chi connectivity index (χ4v) is 3.08. The fourth-order valence-electron chi connectivity index (χ4n) is 1.68. The van der Waals surface area contributed by atoms with E-state index in [4.69, 9.17) is 5.73 Å². The Bertz CT molecular complexity index is 363. The number of carbonyl (C=O) groups is 1. The average molecular weight is 326 g/mol. The van der Waals surface area contributed by atoms with Gasteiger partial charge < -0.3 is 10.6 Å². The van der Waals surface area contributed by atoms with Gasteiger partial charge in [0.1, 0.15) is 0 Å². The van der Waals surface area contributed by atoms with Crippen LogP contribution in [-0.2, 0) is 0 Å². The molecule has 1 saturated heterocycles. The van der Waals surface area contributed by atoms with Crippen molar-refractivity contribution >= 4 is 45.6 Å². The first-order valence-corrected chi connectivity index (χ1v) is 6.63. The molecule has 1 aliphatic heterocycles. The number of hydrogen-bond acceptors (Lipinski definition) is 3. The Morgan fingerprint density at radius 2 is 2.12 bits per heavy atom. The third kappa shape index (κ3) is 3.20. The quantitative estimate of drug-likeness (QED) is 0.862. The lowest BCUT2D eigenvalue weighted by molar-refractivity contribution is 0.0719. The summed E-state index contributed by atoms with van der Waals surface area (Å²) in [5, 5.41) is 1.93. The molecule has 1 amide bonds. The molecule has 0 spiro atoms. The average Bonchev–Trinajstić information content (AvgIpc) is 2.65. The number of nitrogens with zero attached hydrogens (tertiary/aromatic N) is 1. The molecule has 0 aliphatic carbocycles. The second-order valence-electron chi connectivity index (χ2n) is 3.76. The van der Waals surface area contributed by atoms with Crippen LogP contribution in [0.4, 0.5) is 0 Å². The predicted octanol–water partition coefficient (Wildman–Crippen LogP) is 2.50. The molecule has 0 atom stereocenters. The van der Waals surface area contributed by atoms with E-state index in [9.17, 15) is 4.79 Å². The highest BCUT2D eigenvalue weighted by molar-refractivity contribution is 9.10. The normalized spacial score (nSPS) is 17.0. The number of piperidine rings is 1. The highest BCUT2D eigenvalue weighted by Gasteiger charge is 2.22. The maximum absolute atomic E-state index is 12.0.